The van der Waals surface area contributed by atoms with Crippen molar-refractivity contribution in [1.29, 1.82) is 0 Å². The molecule has 2 aliphatic heterocycles. The van der Waals surface area contributed by atoms with Gasteiger partial charge >= 0.3 is 320 Å². The summed E-state index contributed by atoms with van der Waals surface area (Å²) in [6.07, 6.45) is 4.01. The number of benzene rings is 8. The van der Waals surface area contributed by atoms with Crippen LogP contribution in [0.15, 0.2) is 213 Å². The molecule has 59 heavy (non-hydrogen) atoms. The fourth-order valence-corrected chi connectivity index (χ4v) is 11.2. The van der Waals surface area contributed by atoms with E-state index < -0.39 is 20.9 Å². The number of aromatic nitrogens is 2. The van der Waals surface area contributed by atoms with Crippen molar-refractivity contribution in [3.05, 3.63) is 213 Å². The van der Waals surface area contributed by atoms with E-state index in [-0.39, 0.29) is 0 Å². The van der Waals surface area contributed by atoms with Crippen LogP contribution in [0.25, 0.3) is 27.9 Å². The predicted octanol–water partition coefficient (Wildman–Crippen LogP) is 11.7. The normalized spacial score (nSPS) is 12.8. The number of fused-ring (bicyclic) bond motifs is 3. The van der Waals surface area contributed by atoms with Crippen LogP contribution in [0.3, 0.4) is 0 Å². The molecule has 0 atom stereocenters. The van der Waals surface area contributed by atoms with Gasteiger partial charge in [-0.2, -0.15) is 0 Å². The van der Waals surface area contributed by atoms with Crippen LogP contribution in [0.2, 0.25) is 0 Å². The molecule has 0 saturated heterocycles. The SMILES string of the molecule is c1ccc(-c2cccc(-c3ccccc3)c2-n2ccnc2N2c3ccccc3[Te]c3ccc(Oc4cccc(N5CN(c6ccccc6)c6ccccc65)c4)cc32)cc1. The third-order valence-electron chi connectivity index (χ3n) is 10.9. The van der Waals surface area contributed by atoms with Crippen LogP contribution in [0, 0.1) is 0 Å². The van der Waals surface area contributed by atoms with Gasteiger partial charge in [0.2, 0.25) is 0 Å². The first-order valence-corrected chi connectivity index (χ1v) is 22.1. The van der Waals surface area contributed by atoms with Crippen LogP contribution < -0.4 is 26.7 Å². The monoisotopic (exact) mass is 877 g/mol. The zero-order valence-electron chi connectivity index (χ0n) is 32.0. The molecule has 0 unspecified atom stereocenters. The summed E-state index contributed by atoms with van der Waals surface area (Å²) in [5.74, 6) is 2.38. The number of anilines is 7. The van der Waals surface area contributed by atoms with Gasteiger partial charge in [-0.1, -0.05) is 24.3 Å². The zero-order chi connectivity index (χ0) is 39.1. The van der Waals surface area contributed by atoms with E-state index in [1.165, 1.54) is 24.3 Å². The molecule has 0 N–H and O–H groups in total. The van der Waals surface area contributed by atoms with Crippen molar-refractivity contribution in [2.75, 3.05) is 21.4 Å². The molecule has 2 aliphatic rings. The van der Waals surface area contributed by atoms with Crippen molar-refractivity contribution in [3.8, 4) is 39.4 Å². The molecule has 0 amide bonds. The van der Waals surface area contributed by atoms with E-state index in [1.807, 2.05) is 12.3 Å². The van der Waals surface area contributed by atoms with Crippen LogP contribution in [-0.4, -0.2) is 37.1 Å². The Morgan fingerprint density at radius 3 is 1.73 bits per heavy atom. The van der Waals surface area contributed by atoms with Crippen molar-refractivity contribution in [3.63, 3.8) is 0 Å². The third kappa shape index (κ3) is 6.42. The maximum atomic E-state index is 6.79. The average molecular weight is 876 g/mol. The first kappa shape index (κ1) is 35.1. The fraction of sp³-hybridized carbons (Fsp3) is 0.0192. The standard InChI is InChI=1S/C52H37N5OTe/c1-4-16-37(17-5-1)43-24-15-25-44(38-18-6-2-7-19-38)51(43)54-33-32-53-52(54)57-47-28-12-13-29-49(47)59-50-31-30-42(35-48(50)57)58-41-23-14-22-40(34-41)56-36-55(39-20-8-3-9-21-39)45-26-10-11-27-46(45)56/h1-35H,36H2. The average Bonchev–Trinajstić information content (AvgIpc) is 3.95. The Bertz CT molecular complexity index is 2890. The summed E-state index contributed by atoms with van der Waals surface area (Å²) in [4.78, 5) is 12.2. The Morgan fingerprint density at radius 1 is 0.458 bits per heavy atom. The molecule has 6 nitrogen and oxygen atoms in total. The zero-order valence-corrected chi connectivity index (χ0v) is 34.3. The Hall–Kier alpha value is -7.04. The summed E-state index contributed by atoms with van der Waals surface area (Å²) in [6.45, 7) is 0.705. The third-order valence-corrected chi connectivity index (χ3v) is 14.2. The van der Waals surface area contributed by atoms with E-state index in [1.54, 1.807) is 0 Å². The van der Waals surface area contributed by atoms with Gasteiger partial charge in [0.05, 0.1) is 0 Å². The van der Waals surface area contributed by atoms with E-state index in [2.05, 4.69) is 220 Å². The molecular weight excluding hydrogens is 838 g/mol. The number of hydrogen-bond donors (Lipinski definition) is 0. The Kier molecular flexibility index (Phi) is 8.96. The van der Waals surface area contributed by atoms with Crippen molar-refractivity contribution in [1.82, 2.24) is 9.55 Å². The van der Waals surface area contributed by atoms with E-state index >= 15 is 0 Å². The van der Waals surface area contributed by atoms with Gasteiger partial charge in [0.25, 0.3) is 0 Å². The van der Waals surface area contributed by atoms with Crippen molar-refractivity contribution >= 4 is 68.2 Å². The second kappa shape index (κ2) is 15.0. The minimum absolute atomic E-state index is 0.691. The summed E-state index contributed by atoms with van der Waals surface area (Å²) >= 11 is -0.691. The summed E-state index contributed by atoms with van der Waals surface area (Å²) in [5, 5.41) is 0. The van der Waals surface area contributed by atoms with Gasteiger partial charge in [-0.15, -0.1) is 0 Å². The molecule has 9 aromatic rings. The molecule has 282 valence electrons. The van der Waals surface area contributed by atoms with Crippen LogP contribution in [0.4, 0.5) is 40.1 Å². The summed E-state index contributed by atoms with van der Waals surface area (Å²) < 4.78 is 11.8. The molecule has 0 spiro atoms. The van der Waals surface area contributed by atoms with Gasteiger partial charge in [0, 0.05) is 0 Å². The van der Waals surface area contributed by atoms with E-state index in [9.17, 15) is 0 Å². The second-order valence-electron chi connectivity index (χ2n) is 14.5. The molecule has 8 aromatic carbocycles. The molecule has 0 radical (unpaired) electrons. The second-order valence-corrected chi connectivity index (χ2v) is 17.6. The Morgan fingerprint density at radius 2 is 1.02 bits per heavy atom. The number of nitrogens with zero attached hydrogens (tertiary/aromatic N) is 5. The Balaban J connectivity index is 0.991. The molecule has 0 aliphatic carbocycles. The first-order chi connectivity index (χ1) is 29.3. The molecule has 1 aromatic heterocycles. The molecule has 0 saturated carbocycles. The number of para-hydroxylation sites is 5. The van der Waals surface area contributed by atoms with Gasteiger partial charge in [0.15, 0.2) is 0 Å². The van der Waals surface area contributed by atoms with Gasteiger partial charge in [0.1, 0.15) is 0 Å². The van der Waals surface area contributed by atoms with Gasteiger partial charge in [-0.3, -0.25) is 0 Å². The summed E-state index contributed by atoms with van der Waals surface area (Å²) in [6, 6.07) is 70.8. The van der Waals surface area contributed by atoms with Crippen molar-refractivity contribution in [2.45, 2.75) is 0 Å². The van der Waals surface area contributed by atoms with E-state index in [0.717, 1.165) is 62.5 Å². The van der Waals surface area contributed by atoms with E-state index in [4.69, 9.17) is 9.72 Å². The number of rotatable bonds is 8. The maximum absolute atomic E-state index is 6.79. The van der Waals surface area contributed by atoms with Crippen molar-refractivity contribution in [2.24, 2.45) is 0 Å². The van der Waals surface area contributed by atoms with Crippen LogP contribution in [0.5, 0.6) is 11.5 Å². The molecule has 11 rings (SSSR count). The molecule has 0 fully saturated rings. The van der Waals surface area contributed by atoms with Gasteiger partial charge in [-0.05, 0) is 12.1 Å². The molecular formula is C52H37N5OTe. The topological polar surface area (TPSA) is 36.8 Å². The number of hydrogen-bond acceptors (Lipinski definition) is 5. The van der Waals surface area contributed by atoms with Crippen LogP contribution in [-0.2, 0) is 0 Å². The van der Waals surface area contributed by atoms with E-state index in [0.29, 0.717) is 6.67 Å². The van der Waals surface area contributed by atoms with Gasteiger partial charge < -0.3 is 0 Å². The van der Waals surface area contributed by atoms with Crippen LogP contribution in [0.1, 0.15) is 0 Å². The van der Waals surface area contributed by atoms with Crippen LogP contribution >= 0.6 is 0 Å². The summed E-state index contributed by atoms with van der Waals surface area (Å²) in [7, 11) is 0. The first-order valence-electron chi connectivity index (χ1n) is 19.7. The summed E-state index contributed by atoms with van der Waals surface area (Å²) in [5.41, 5.74) is 12.5. The quantitative estimate of drug-likeness (QED) is 0.142. The Labute approximate surface area is 353 Å². The van der Waals surface area contributed by atoms with Gasteiger partial charge in [-0.25, -0.2) is 0 Å². The van der Waals surface area contributed by atoms with Crippen molar-refractivity contribution < 1.29 is 4.74 Å². The number of ether oxygens (including phenoxy) is 1. The predicted molar refractivity (Wildman–Crippen MR) is 243 cm³/mol. The molecule has 0 bridgehead atoms. The fourth-order valence-electron chi connectivity index (χ4n) is 8.27. The molecule has 3 heterocycles. The molecule has 7 heteroatoms. The minimum atomic E-state index is -0.691. The number of imidazole rings is 1.